The normalized spacial score (nSPS) is 18.2. The van der Waals surface area contributed by atoms with Gasteiger partial charge in [-0.25, -0.2) is 0 Å². The third kappa shape index (κ3) is 3.20. The minimum atomic E-state index is 0.452. The van der Waals surface area contributed by atoms with E-state index in [2.05, 4.69) is 42.8 Å². The van der Waals surface area contributed by atoms with Gasteiger partial charge in [0, 0.05) is 19.0 Å². The summed E-state index contributed by atoms with van der Waals surface area (Å²) in [5.74, 6) is 0. The number of nitrogens with zero attached hydrogens (tertiary/aromatic N) is 2. The van der Waals surface area contributed by atoms with Gasteiger partial charge in [0.25, 0.3) is 0 Å². The summed E-state index contributed by atoms with van der Waals surface area (Å²) in [5.41, 5.74) is 2.71. The molecule has 1 heterocycles. The molecule has 0 bridgehead atoms. The SMILES string of the molecule is CCCNC(Cc1c(Cl)c(CC)nn1CC)C1(C)CC1. The number of hydrogen-bond donors (Lipinski definition) is 1. The molecule has 0 spiro atoms. The topological polar surface area (TPSA) is 29.9 Å². The zero-order valence-electron chi connectivity index (χ0n) is 13.3. The van der Waals surface area contributed by atoms with E-state index in [0.29, 0.717) is 11.5 Å². The van der Waals surface area contributed by atoms with Crippen LogP contribution in [0.15, 0.2) is 0 Å². The van der Waals surface area contributed by atoms with Crippen LogP contribution in [0.25, 0.3) is 0 Å². The largest absolute Gasteiger partial charge is 0.313 e. The van der Waals surface area contributed by atoms with Crippen molar-refractivity contribution in [3.63, 3.8) is 0 Å². The summed E-state index contributed by atoms with van der Waals surface area (Å²) in [6, 6.07) is 0.520. The lowest BCUT2D eigenvalue weighted by atomic mass is 9.94. The average molecular weight is 298 g/mol. The standard InChI is InChI=1S/C16H28ClN3/c1-5-10-18-14(16(4)8-9-16)11-13-15(17)12(6-2)19-20(13)7-3/h14,18H,5-11H2,1-4H3. The first-order chi connectivity index (χ1) is 9.55. The quantitative estimate of drug-likeness (QED) is 0.790. The summed E-state index contributed by atoms with van der Waals surface area (Å²) in [5, 5.41) is 9.26. The third-order valence-electron chi connectivity index (χ3n) is 4.61. The second kappa shape index (κ2) is 6.48. The number of aryl methyl sites for hydroxylation is 2. The number of hydrogen-bond acceptors (Lipinski definition) is 2. The van der Waals surface area contributed by atoms with Crippen molar-refractivity contribution in [1.29, 1.82) is 0 Å². The fourth-order valence-electron chi connectivity index (χ4n) is 2.83. The summed E-state index contributed by atoms with van der Waals surface area (Å²) in [7, 11) is 0. The minimum Gasteiger partial charge on any atom is -0.313 e. The molecule has 2 rings (SSSR count). The van der Waals surface area contributed by atoms with Gasteiger partial charge in [-0.3, -0.25) is 4.68 Å². The molecule has 3 nitrogen and oxygen atoms in total. The molecule has 20 heavy (non-hydrogen) atoms. The Balaban J connectivity index is 2.19. The maximum Gasteiger partial charge on any atom is 0.0850 e. The number of halogens is 1. The summed E-state index contributed by atoms with van der Waals surface area (Å²) in [6.45, 7) is 10.8. The highest BCUT2D eigenvalue weighted by atomic mass is 35.5. The summed E-state index contributed by atoms with van der Waals surface area (Å²) < 4.78 is 2.09. The van der Waals surface area contributed by atoms with Crippen LogP contribution in [-0.4, -0.2) is 22.4 Å². The molecule has 1 aliphatic rings. The first-order valence-corrected chi connectivity index (χ1v) is 8.41. The van der Waals surface area contributed by atoms with E-state index in [1.54, 1.807) is 0 Å². The molecule has 1 aromatic rings. The molecule has 1 atom stereocenters. The van der Waals surface area contributed by atoms with Gasteiger partial charge >= 0.3 is 0 Å². The van der Waals surface area contributed by atoms with E-state index in [4.69, 9.17) is 11.6 Å². The van der Waals surface area contributed by atoms with Crippen LogP contribution in [-0.2, 0) is 19.4 Å². The molecular formula is C16H28ClN3. The second-order valence-corrected chi connectivity index (χ2v) is 6.62. The maximum absolute atomic E-state index is 6.55. The lowest BCUT2D eigenvalue weighted by molar-refractivity contribution is 0.347. The fourth-order valence-corrected chi connectivity index (χ4v) is 3.18. The van der Waals surface area contributed by atoms with Gasteiger partial charge in [-0.15, -0.1) is 0 Å². The van der Waals surface area contributed by atoms with Gasteiger partial charge in [-0.1, -0.05) is 32.4 Å². The van der Waals surface area contributed by atoms with Crippen molar-refractivity contribution < 1.29 is 0 Å². The highest BCUT2D eigenvalue weighted by Crippen LogP contribution is 2.49. The van der Waals surface area contributed by atoms with Crippen molar-refractivity contribution in [2.75, 3.05) is 6.54 Å². The van der Waals surface area contributed by atoms with Crippen molar-refractivity contribution >= 4 is 11.6 Å². The molecule has 0 aliphatic heterocycles. The van der Waals surface area contributed by atoms with E-state index in [1.165, 1.54) is 25.0 Å². The Bertz CT molecular complexity index is 449. The van der Waals surface area contributed by atoms with Gasteiger partial charge in [-0.2, -0.15) is 5.10 Å². The Labute approximate surface area is 128 Å². The zero-order chi connectivity index (χ0) is 14.8. The Morgan fingerprint density at radius 1 is 1.35 bits per heavy atom. The second-order valence-electron chi connectivity index (χ2n) is 6.24. The van der Waals surface area contributed by atoms with E-state index < -0.39 is 0 Å². The smallest absolute Gasteiger partial charge is 0.0850 e. The van der Waals surface area contributed by atoms with Gasteiger partial charge in [0.1, 0.15) is 0 Å². The van der Waals surface area contributed by atoms with Gasteiger partial charge in [0.15, 0.2) is 0 Å². The highest BCUT2D eigenvalue weighted by molar-refractivity contribution is 6.31. The van der Waals surface area contributed by atoms with Crippen LogP contribution in [0.3, 0.4) is 0 Å². The van der Waals surface area contributed by atoms with Gasteiger partial charge in [0.2, 0.25) is 0 Å². The fraction of sp³-hybridized carbons (Fsp3) is 0.812. The molecule has 1 aliphatic carbocycles. The van der Waals surface area contributed by atoms with Crippen LogP contribution in [0.1, 0.15) is 58.3 Å². The van der Waals surface area contributed by atoms with Crippen LogP contribution >= 0.6 is 11.6 Å². The predicted molar refractivity (Wildman–Crippen MR) is 85.4 cm³/mol. The van der Waals surface area contributed by atoms with Crippen molar-refractivity contribution in [1.82, 2.24) is 15.1 Å². The number of aromatic nitrogens is 2. The number of nitrogens with one attached hydrogen (secondary N) is 1. The summed E-state index contributed by atoms with van der Waals surface area (Å²) in [4.78, 5) is 0. The Kier molecular flexibility index (Phi) is 5.14. The van der Waals surface area contributed by atoms with E-state index in [9.17, 15) is 0 Å². The molecule has 0 aromatic carbocycles. The first kappa shape index (κ1) is 15.8. The van der Waals surface area contributed by atoms with E-state index >= 15 is 0 Å². The Hall–Kier alpha value is -0.540. The number of rotatable bonds is 8. The van der Waals surface area contributed by atoms with Crippen LogP contribution in [0.2, 0.25) is 5.02 Å². The summed E-state index contributed by atoms with van der Waals surface area (Å²) in [6.07, 6.45) is 5.73. The van der Waals surface area contributed by atoms with E-state index in [1.807, 2.05) is 0 Å². The van der Waals surface area contributed by atoms with E-state index in [0.717, 1.165) is 36.6 Å². The predicted octanol–water partition coefficient (Wildman–Crippen LogP) is 3.83. The minimum absolute atomic E-state index is 0.452. The Morgan fingerprint density at radius 3 is 2.55 bits per heavy atom. The Morgan fingerprint density at radius 2 is 2.05 bits per heavy atom. The van der Waals surface area contributed by atoms with Crippen LogP contribution in [0.4, 0.5) is 0 Å². The molecule has 0 saturated heterocycles. The van der Waals surface area contributed by atoms with Crippen LogP contribution in [0.5, 0.6) is 0 Å². The molecule has 114 valence electrons. The molecule has 1 fully saturated rings. The van der Waals surface area contributed by atoms with Crippen molar-refractivity contribution in [2.24, 2.45) is 5.41 Å². The van der Waals surface area contributed by atoms with Crippen LogP contribution < -0.4 is 5.32 Å². The van der Waals surface area contributed by atoms with Crippen molar-refractivity contribution in [3.05, 3.63) is 16.4 Å². The molecule has 1 N–H and O–H groups in total. The zero-order valence-corrected chi connectivity index (χ0v) is 14.1. The first-order valence-electron chi connectivity index (χ1n) is 8.03. The van der Waals surface area contributed by atoms with Crippen molar-refractivity contribution in [3.8, 4) is 0 Å². The lowest BCUT2D eigenvalue weighted by Crippen LogP contribution is -2.39. The third-order valence-corrected chi connectivity index (χ3v) is 5.05. The van der Waals surface area contributed by atoms with Crippen molar-refractivity contribution in [2.45, 2.75) is 72.4 Å². The van der Waals surface area contributed by atoms with Gasteiger partial charge in [-0.05, 0) is 44.6 Å². The van der Waals surface area contributed by atoms with Crippen LogP contribution in [0, 0.1) is 5.41 Å². The molecule has 0 amide bonds. The van der Waals surface area contributed by atoms with Gasteiger partial charge in [0.05, 0.1) is 16.4 Å². The van der Waals surface area contributed by atoms with Gasteiger partial charge < -0.3 is 5.32 Å². The summed E-state index contributed by atoms with van der Waals surface area (Å²) >= 11 is 6.55. The molecule has 1 unspecified atom stereocenters. The molecule has 1 saturated carbocycles. The van der Waals surface area contributed by atoms with E-state index in [-0.39, 0.29) is 0 Å². The molecule has 4 heteroatoms. The average Bonchev–Trinajstić information content (AvgIpc) is 3.12. The lowest BCUT2D eigenvalue weighted by Gasteiger charge is -2.25. The molecule has 1 aromatic heterocycles. The molecular weight excluding hydrogens is 270 g/mol. The molecule has 0 radical (unpaired) electrons. The highest BCUT2D eigenvalue weighted by Gasteiger charge is 2.44. The maximum atomic E-state index is 6.55. The monoisotopic (exact) mass is 297 g/mol.